The molecular weight excluding hydrogens is 240 g/mol. The Kier molecular flexibility index (Phi) is 9.62. The van der Waals surface area contributed by atoms with E-state index in [0.29, 0.717) is 45.1 Å². The largest absolute Gasteiger partial charge is 0.464 e. The van der Waals surface area contributed by atoms with Crippen LogP contribution in [0.5, 0.6) is 0 Å². The van der Waals surface area contributed by atoms with Crippen LogP contribution in [-0.4, -0.2) is 37.7 Å². The maximum atomic E-state index is 10.4. The zero-order chi connectivity index (χ0) is 13.8. The Morgan fingerprint density at radius 1 is 0.722 bits per heavy atom. The molecule has 0 aliphatic rings. The van der Waals surface area contributed by atoms with E-state index in [0.717, 1.165) is 0 Å². The Bertz CT molecular complexity index is 223. The third-order valence-electron chi connectivity index (χ3n) is 2.71. The second-order valence-electron chi connectivity index (χ2n) is 3.85. The van der Waals surface area contributed by atoms with Crippen LogP contribution in [0, 0.1) is 0 Å². The van der Waals surface area contributed by atoms with Gasteiger partial charge in [0.05, 0.1) is 0 Å². The minimum absolute atomic E-state index is 0.304. The lowest BCUT2D eigenvalue weighted by Gasteiger charge is -2.23. The van der Waals surface area contributed by atoms with Crippen LogP contribution in [0.3, 0.4) is 0 Å². The minimum Gasteiger partial charge on any atom is -0.464 e. The number of hydrogen-bond acceptors (Lipinski definition) is 6. The fourth-order valence-electron chi connectivity index (χ4n) is 1.67. The molecule has 0 radical (unpaired) electrons. The van der Waals surface area contributed by atoms with E-state index in [1.54, 1.807) is 0 Å². The SMILES string of the molecule is CCC(CC(CC(CC)OC=O)OC=O)OC=O. The highest BCUT2D eigenvalue weighted by Crippen LogP contribution is 2.16. The molecule has 2 atom stereocenters. The standard InChI is InChI=1S/C12H20O6/c1-3-10(16-7-13)5-12(18-9-15)6-11(4-2)17-8-14/h7-12H,3-6H2,1-2H3. The van der Waals surface area contributed by atoms with Crippen molar-refractivity contribution in [1.82, 2.24) is 0 Å². The number of rotatable bonds is 12. The van der Waals surface area contributed by atoms with Crippen molar-refractivity contribution in [3.63, 3.8) is 0 Å². The molecule has 18 heavy (non-hydrogen) atoms. The maximum absolute atomic E-state index is 10.4. The van der Waals surface area contributed by atoms with Gasteiger partial charge in [0.25, 0.3) is 19.4 Å². The quantitative estimate of drug-likeness (QED) is 0.387. The van der Waals surface area contributed by atoms with E-state index in [2.05, 4.69) is 0 Å². The highest BCUT2D eigenvalue weighted by Gasteiger charge is 2.21. The third kappa shape index (κ3) is 6.88. The van der Waals surface area contributed by atoms with E-state index < -0.39 is 6.10 Å². The molecule has 0 rings (SSSR count). The Morgan fingerprint density at radius 3 is 1.33 bits per heavy atom. The van der Waals surface area contributed by atoms with Crippen LogP contribution >= 0.6 is 0 Å². The van der Waals surface area contributed by atoms with Crippen LogP contribution in [0.4, 0.5) is 0 Å². The molecule has 6 nitrogen and oxygen atoms in total. The van der Waals surface area contributed by atoms with E-state index in [1.807, 2.05) is 13.8 Å². The summed E-state index contributed by atoms with van der Waals surface area (Å²) >= 11 is 0. The average Bonchev–Trinajstić information content (AvgIpc) is 2.37. The molecule has 0 aliphatic carbocycles. The van der Waals surface area contributed by atoms with Crippen molar-refractivity contribution in [3.8, 4) is 0 Å². The van der Waals surface area contributed by atoms with E-state index >= 15 is 0 Å². The third-order valence-corrected chi connectivity index (χ3v) is 2.71. The number of carbonyl (C=O) groups excluding carboxylic acids is 3. The van der Waals surface area contributed by atoms with Gasteiger partial charge in [0, 0.05) is 12.8 Å². The lowest BCUT2D eigenvalue weighted by Crippen LogP contribution is -2.27. The summed E-state index contributed by atoms with van der Waals surface area (Å²) in [5.74, 6) is 0. The lowest BCUT2D eigenvalue weighted by atomic mass is 10.0. The molecule has 0 N–H and O–H groups in total. The van der Waals surface area contributed by atoms with E-state index in [1.165, 1.54) is 0 Å². The summed E-state index contributed by atoms with van der Waals surface area (Å²) in [6.07, 6.45) is 1.00. The molecule has 2 unspecified atom stereocenters. The Hall–Kier alpha value is -1.59. The van der Waals surface area contributed by atoms with Gasteiger partial charge in [-0.05, 0) is 12.8 Å². The molecule has 0 saturated carbocycles. The average molecular weight is 260 g/mol. The summed E-state index contributed by atoms with van der Waals surface area (Å²) < 4.78 is 14.6. The topological polar surface area (TPSA) is 78.9 Å². The van der Waals surface area contributed by atoms with Crippen molar-refractivity contribution in [2.75, 3.05) is 0 Å². The summed E-state index contributed by atoms with van der Waals surface area (Å²) in [6, 6.07) is 0. The summed E-state index contributed by atoms with van der Waals surface area (Å²) in [5, 5.41) is 0. The van der Waals surface area contributed by atoms with Crippen molar-refractivity contribution in [3.05, 3.63) is 0 Å². The maximum Gasteiger partial charge on any atom is 0.293 e. The van der Waals surface area contributed by atoms with Crippen LogP contribution in [0.1, 0.15) is 39.5 Å². The molecule has 0 aromatic heterocycles. The van der Waals surface area contributed by atoms with Gasteiger partial charge in [-0.3, -0.25) is 14.4 Å². The summed E-state index contributed by atoms with van der Waals surface area (Å²) in [6.45, 7) is 4.85. The smallest absolute Gasteiger partial charge is 0.293 e. The van der Waals surface area contributed by atoms with Gasteiger partial charge in [0.1, 0.15) is 18.3 Å². The van der Waals surface area contributed by atoms with Crippen molar-refractivity contribution < 1.29 is 28.6 Å². The Labute approximate surface area is 107 Å². The first kappa shape index (κ1) is 16.4. The van der Waals surface area contributed by atoms with Gasteiger partial charge in [0.2, 0.25) is 0 Å². The van der Waals surface area contributed by atoms with Crippen LogP contribution in [0.25, 0.3) is 0 Å². The van der Waals surface area contributed by atoms with Gasteiger partial charge in [-0.15, -0.1) is 0 Å². The number of hydrogen-bond donors (Lipinski definition) is 0. The molecule has 0 aliphatic heterocycles. The molecule has 0 bridgehead atoms. The minimum atomic E-state index is -0.433. The summed E-state index contributed by atoms with van der Waals surface area (Å²) in [5.41, 5.74) is 0. The molecule has 0 fully saturated rings. The zero-order valence-electron chi connectivity index (χ0n) is 10.7. The Morgan fingerprint density at radius 2 is 1.06 bits per heavy atom. The van der Waals surface area contributed by atoms with Crippen LogP contribution in [0.15, 0.2) is 0 Å². The van der Waals surface area contributed by atoms with Gasteiger partial charge in [-0.2, -0.15) is 0 Å². The molecule has 0 aromatic rings. The Balaban J connectivity index is 4.37. The first-order chi connectivity index (χ1) is 8.71. The van der Waals surface area contributed by atoms with E-state index in [9.17, 15) is 14.4 Å². The molecule has 0 spiro atoms. The van der Waals surface area contributed by atoms with Crippen LogP contribution in [-0.2, 0) is 28.6 Å². The van der Waals surface area contributed by atoms with E-state index in [-0.39, 0.29) is 12.2 Å². The van der Waals surface area contributed by atoms with Crippen molar-refractivity contribution in [2.45, 2.75) is 57.8 Å². The van der Waals surface area contributed by atoms with Gasteiger partial charge < -0.3 is 14.2 Å². The molecule has 104 valence electrons. The van der Waals surface area contributed by atoms with Gasteiger partial charge in [-0.1, -0.05) is 13.8 Å². The number of ether oxygens (including phenoxy) is 3. The fourth-order valence-corrected chi connectivity index (χ4v) is 1.67. The van der Waals surface area contributed by atoms with Crippen LogP contribution < -0.4 is 0 Å². The van der Waals surface area contributed by atoms with Crippen molar-refractivity contribution in [1.29, 1.82) is 0 Å². The lowest BCUT2D eigenvalue weighted by molar-refractivity contribution is -0.143. The first-order valence-electron chi connectivity index (χ1n) is 5.99. The number of carbonyl (C=O) groups is 3. The second-order valence-corrected chi connectivity index (χ2v) is 3.85. The van der Waals surface area contributed by atoms with E-state index in [4.69, 9.17) is 14.2 Å². The van der Waals surface area contributed by atoms with Gasteiger partial charge in [0.15, 0.2) is 0 Å². The highest BCUT2D eigenvalue weighted by molar-refractivity contribution is 5.38. The van der Waals surface area contributed by atoms with Crippen molar-refractivity contribution >= 4 is 19.4 Å². The van der Waals surface area contributed by atoms with Crippen molar-refractivity contribution in [2.24, 2.45) is 0 Å². The fraction of sp³-hybridized carbons (Fsp3) is 0.750. The van der Waals surface area contributed by atoms with Gasteiger partial charge in [-0.25, -0.2) is 0 Å². The molecule has 0 amide bonds. The summed E-state index contributed by atoms with van der Waals surface area (Å²) in [4.78, 5) is 31.0. The molecule has 6 heteroatoms. The monoisotopic (exact) mass is 260 g/mol. The van der Waals surface area contributed by atoms with Gasteiger partial charge >= 0.3 is 0 Å². The molecule has 0 heterocycles. The molecule has 0 saturated heterocycles. The predicted octanol–water partition coefficient (Wildman–Crippen LogP) is 1.21. The normalized spacial score (nSPS) is 15.0. The van der Waals surface area contributed by atoms with Crippen LogP contribution in [0.2, 0.25) is 0 Å². The predicted molar refractivity (Wildman–Crippen MR) is 62.6 cm³/mol. The first-order valence-corrected chi connectivity index (χ1v) is 5.99. The molecule has 0 aromatic carbocycles. The highest BCUT2D eigenvalue weighted by atomic mass is 16.5. The molecular formula is C12H20O6. The second kappa shape index (κ2) is 10.6. The zero-order valence-corrected chi connectivity index (χ0v) is 10.7. The summed E-state index contributed by atoms with van der Waals surface area (Å²) in [7, 11) is 0.